The normalized spacial score (nSPS) is 43.3. The number of halogens is 1. The Balaban J connectivity index is 1.21. The number of nitrogens with one attached hydrogen (secondary N) is 1. The van der Waals surface area contributed by atoms with Gasteiger partial charge in [-0.05, 0) is 127 Å². The lowest BCUT2D eigenvalue weighted by atomic mass is 9.62. The van der Waals surface area contributed by atoms with Crippen LogP contribution in [0.4, 0.5) is 5.69 Å². The van der Waals surface area contributed by atoms with Crippen LogP contribution in [0, 0.1) is 35.5 Å². The molecule has 6 aliphatic rings. The van der Waals surface area contributed by atoms with Gasteiger partial charge in [0.2, 0.25) is 0 Å². The quantitative estimate of drug-likeness (QED) is 0.236. The van der Waals surface area contributed by atoms with E-state index in [9.17, 15) is 9.90 Å². The second-order valence-electron chi connectivity index (χ2n) is 18.8. The van der Waals surface area contributed by atoms with E-state index in [-0.39, 0.29) is 78.5 Å². The predicted octanol–water partition coefficient (Wildman–Crippen LogP) is 6.43. The molecule has 0 aromatic heterocycles. The van der Waals surface area contributed by atoms with E-state index in [1.807, 2.05) is 45.0 Å². The zero-order valence-corrected chi connectivity index (χ0v) is 38.3. The van der Waals surface area contributed by atoms with E-state index >= 15 is 4.79 Å². The second kappa shape index (κ2) is 20.3. The van der Waals surface area contributed by atoms with Crippen molar-refractivity contribution < 1.29 is 52.6 Å². The lowest BCUT2D eigenvalue weighted by Gasteiger charge is -2.47. The molecule has 3 aliphatic carbocycles. The number of likely N-dealkylation sites (N-methyl/N-ethyl adjacent to an activating group) is 1. The average Bonchev–Trinajstić information content (AvgIpc) is 3.82. The summed E-state index contributed by atoms with van der Waals surface area (Å²) in [6.07, 6.45) is 3.28. The number of rotatable bonds is 11. The van der Waals surface area contributed by atoms with Crippen LogP contribution < -0.4 is 5.32 Å². The number of esters is 1. The number of Topliss-reactive ketones (excluding diaryl/α,β-unsaturated/α-hetero) is 1. The fourth-order valence-corrected chi connectivity index (χ4v) is 12.2. The fourth-order valence-electron chi connectivity index (χ4n) is 12.0. The zero-order chi connectivity index (χ0) is 43.7. The van der Waals surface area contributed by atoms with Crippen LogP contribution >= 0.6 is 11.6 Å². The lowest BCUT2D eigenvalue weighted by Crippen LogP contribution is -2.59. The lowest BCUT2D eigenvalue weighted by molar-refractivity contribution is -0.314. The van der Waals surface area contributed by atoms with E-state index < -0.39 is 48.8 Å². The van der Waals surface area contributed by atoms with Gasteiger partial charge in [-0.2, -0.15) is 0 Å². The van der Waals surface area contributed by atoms with Crippen molar-refractivity contribution >= 4 is 29.0 Å². The van der Waals surface area contributed by atoms with Gasteiger partial charge >= 0.3 is 5.97 Å². The van der Waals surface area contributed by atoms with E-state index in [0.717, 1.165) is 24.9 Å². The molecule has 1 aromatic rings. The number of ketones is 1. The number of anilines is 1. The maximum atomic E-state index is 15.2. The van der Waals surface area contributed by atoms with Gasteiger partial charge in [0, 0.05) is 49.9 Å². The summed E-state index contributed by atoms with van der Waals surface area (Å²) in [7, 11) is 9.03. The number of benzene rings is 1. The van der Waals surface area contributed by atoms with Crippen molar-refractivity contribution in [3.05, 3.63) is 40.9 Å². The molecule has 19 atom stereocenters. The molecular weight excluding hydrogens is 804 g/mol. The van der Waals surface area contributed by atoms with Crippen molar-refractivity contribution in [1.82, 2.24) is 4.90 Å². The van der Waals surface area contributed by atoms with E-state index in [1.54, 1.807) is 21.3 Å². The third-order valence-electron chi connectivity index (χ3n) is 15.1. The molecule has 13 nitrogen and oxygen atoms in total. The van der Waals surface area contributed by atoms with Crippen molar-refractivity contribution in [2.24, 2.45) is 35.5 Å². The number of allylic oxidation sites excluding steroid dienone is 2. The molecule has 0 amide bonds. The number of nitrogens with zero attached hydrogens (tertiary/aromatic N) is 1. The molecule has 5 unspecified atom stereocenters. The van der Waals surface area contributed by atoms with Crippen LogP contribution in [-0.2, 0) is 47.5 Å². The van der Waals surface area contributed by atoms with Gasteiger partial charge in [0.1, 0.15) is 24.4 Å². The summed E-state index contributed by atoms with van der Waals surface area (Å²) in [4.78, 5) is 31.4. The van der Waals surface area contributed by atoms with Crippen molar-refractivity contribution in [1.29, 1.82) is 0 Å². The highest BCUT2D eigenvalue weighted by molar-refractivity contribution is 6.30. The minimum absolute atomic E-state index is 0.0143. The Labute approximate surface area is 367 Å². The molecule has 61 heavy (non-hydrogen) atoms. The Hall–Kier alpha value is -2.17. The first kappa shape index (κ1) is 46.8. The van der Waals surface area contributed by atoms with Gasteiger partial charge in [0.25, 0.3) is 0 Å². The number of carbonyl (C=O) groups excluding carboxylic acids is 2. The molecule has 2 saturated carbocycles. The smallest absolute Gasteiger partial charge is 0.306 e. The van der Waals surface area contributed by atoms with Gasteiger partial charge < -0.3 is 53.2 Å². The number of methoxy groups -OCH3 is 3. The molecule has 3 saturated heterocycles. The van der Waals surface area contributed by atoms with Crippen LogP contribution in [0.5, 0.6) is 0 Å². The van der Waals surface area contributed by atoms with Gasteiger partial charge in [0.05, 0.1) is 43.0 Å². The van der Waals surface area contributed by atoms with Crippen LogP contribution in [0.15, 0.2) is 35.9 Å². The van der Waals surface area contributed by atoms with E-state index in [4.69, 9.17) is 49.5 Å². The monoisotopic (exact) mass is 874 g/mol. The van der Waals surface area contributed by atoms with Gasteiger partial charge in [-0.3, -0.25) is 9.59 Å². The minimum atomic E-state index is -0.832. The average molecular weight is 876 g/mol. The molecular formula is C47H71ClN2O11. The molecule has 1 aromatic carbocycles. The van der Waals surface area contributed by atoms with Crippen molar-refractivity contribution in [2.45, 2.75) is 165 Å². The number of hydrogen-bond acceptors (Lipinski definition) is 13. The predicted molar refractivity (Wildman–Crippen MR) is 230 cm³/mol. The summed E-state index contributed by atoms with van der Waals surface area (Å²) in [6, 6.07) is 7.24. The number of ether oxygens (including phenoxy) is 8. The van der Waals surface area contributed by atoms with E-state index in [2.05, 4.69) is 37.3 Å². The van der Waals surface area contributed by atoms with Crippen LogP contribution in [-0.4, -0.2) is 137 Å². The summed E-state index contributed by atoms with van der Waals surface area (Å²) >= 11 is 6.49. The van der Waals surface area contributed by atoms with Crippen molar-refractivity contribution in [3.63, 3.8) is 0 Å². The van der Waals surface area contributed by atoms with Crippen LogP contribution in [0.3, 0.4) is 0 Å². The third kappa shape index (κ3) is 9.92. The summed E-state index contributed by atoms with van der Waals surface area (Å²) in [5, 5.41) is 16.8. The maximum absolute atomic E-state index is 15.2. The van der Waals surface area contributed by atoms with Crippen LogP contribution in [0.1, 0.15) is 85.5 Å². The zero-order valence-electron chi connectivity index (χ0n) is 37.6. The number of carbonyl (C=O) groups is 2. The Bertz CT molecular complexity index is 1680. The van der Waals surface area contributed by atoms with E-state index in [0.29, 0.717) is 48.7 Å². The van der Waals surface area contributed by atoms with Gasteiger partial charge in [-0.1, -0.05) is 37.6 Å². The topological polar surface area (TPSA) is 143 Å². The summed E-state index contributed by atoms with van der Waals surface area (Å²) in [5.41, 5.74) is 1.38. The highest BCUT2D eigenvalue weighted by Gasteiger charge is 2.60. The maximum Gasteiger partial charge on any atom is 0.306 e. The fraction of sp³-hybridized carbons (Fsp3) is 0.787. The number of aliphatic hydroxyl groups is 1. The highest BCUT2D eigenvalue weighted by atomic mass is 35.5. The first-order valence-electron chi connectivity index (χ1n) is 22.8. The molecule has 2 N–H and O–H groups in total. The molecule has 0 radical (unpaired) electrons. The van der Waals surface area contributed by atoms with Gasteiger partial charge in [0.15, 0.2) is 18.4 Å². The number of cyclic esters (lactones) is 1. The molecule has 0 spiro atoms. The third-order valence-corrected chi connectivity index (χ3v) is 15.3. The summed E-state index contributed by atoms with van der Waals surface area (Å²) < 4.78 is 50.1. The largest absolute Gasteiger partial charge is 0.462 e. The first-order chi connectivity index (χ1) is 29.3. The van der Waals surface area contributed by atoms with Crippen LogP contribution in [0.2, 0.25) is 5.02 Å². The van der Waals surface area contributed by atoms with Crippen molar-refractivity contribution in [3.8, 4) is 0 Å². The number of aliphatic hydroxyl groups excluding tert-OH is 1. The Morgan fingerprint density at radius 2 is 1.64 bits per heavy atom. The first-order valence-corrected chi connectivity index (χ1v) is 23.2. The Kier molecular flexibility index (Phi) is 15.6. The second-order valence-corrected chi connectivity index (χ2v) is 19.2. The molecule has 342 valence electrons. The molecule has 3 heterocycles. The standard InChI is InChI=1S/C47H71ClN2O11/c1-10-29-15-12-16-37(61-39-18-17-36(50(5)6)25(3)57-39)24(2)42(52)35-22-32-31-20-30(60-47-46(56-9)45(55-8)44(54-7)26(4)58-47)21-34(31)43(53)41(40(32)33(35)23-38(51)59-29)49-28-14-11-13-27(48)19-28/h11,13-14,19,22,24-26,29-34,36-37,39-41,43-47,49,53H,10,12,15-18,20-21,23H2,1-9H3/t24-,25?,26?,29+,30+,31+,32+,33-,34-,36+,37+,39+,40-,41?,43-,44+,45?,46?,47+/m1/s1. The molecule has 5 fully saturated rings. The van der Waals surface area contributed by atoms with Crippen molar-refractivity contribution in [2.75, 3.05) is 40.7 Å². The molecule has 14 heteroatoms. The minimum Gasteiger partial charge on any atom is -0.462 e. The summed E-state index contributed by atoms with van der Waals surface area (Å²) in [6.45, 7) is 8.04. The summed E-state index contributed by atoms with van der Waals surface area (Å²) in [5.74, 6) is -2.00. The molecule has 0 bridgehead atoms. The number of hydrogen-bond donors (Lipinski definition) is 2. The SMILES string of the molecule is CC[C@H]1CCC[C@H](O[C@H]2CC[C@H](N(C)C)C(C)O2)[C@@H](C)C(=O)C2=C[C@H]3[C@@H]4C[C@H](O[C@@H]5OC(C)[C@H](OC)C(OC)C5OC)C[C@H]4[C@@H](O)C(Nc4cccc(Cl)c4)[C@H]3[C@@H]2CC(=O)O1. The Morgan fingerprint density at radius 3 is 2.31 bits per heavy atom. The van der Waals surface area contributed by atoms with Crippen LogP contribution in [0.25, 0.3) is 0 Å². The Morgan fingerprint density at radius 1 is 0.902 bits per heavy atom. The van der Waals surface area contributed by atoms with E-state index in [1.165, 1.54) is 0 Å². The van der Waals surface area contributed by atoms with Gasteiger partial charge in [-0.25, -0.2) is 0 Å². The molecule has 7 rings (SSSR count). The molecule has 3 aliphatic heterocycles. The van der Waals surface area contributed by atoms with Gasteiger partial charge in [-0.15, -0.1) is 0 Å². The highest BCUT2D eigenvalue weighted by Crippen LogP contribution is 2.57. The number of fused-ring (bicyclic) bond motifs is 5.